The molecule has 2 N–H and O–H groups in total. The van der Waals surface area contributed by atoms with Crippen LogP contribution in [0.1, 0.15) is 51.0 Å². The van der Waals surface area contributed by atoms with Gasteiger partial charge >= 0.3 is 0 Å². The lowest BCUT2D eigenvalue weighted by atomic mass is 9.54. The maximum absolute atomic E-state index is 11.2. The molecule has 0 radical (unpaired) electrons. The normalized spacial score (nSPS) is 43.1. The second-order valence-corrected chi connectivity index (χ2v) is 12.3. The summed E-state index contributed by atoms with van der Waals surface area (Å²) in [5, 5.41) is 22.1. The van der Waals surface area contributed by atoms with Gasteiger partial charge in [0.2, 0.25) is 0 Å². The number of hydrogen-bond acceptors (Lipinski definition) is 6. The summed E-state index contributed by atoms with van der Waals surface area (Å²) in [6, 6.07) is 6.26. The number of hydrogen-bond donors (Lipinski definition) is 2. The zero-order valence-electron chi connectivity index (χ0n) is 21.8. The first-order valence-electron chi connectivity index (χ1n) is 13.3. The molecule has 0 amide bonds. The minimum absolute atomic E-state index is 0.0864. The van der Waals surface area contributed by atoms with Gasteiger partial charge in [0.15, 0.2) is 11.5 Å². The quantitative estimate of drug-likeness (QED) is 0.652. The van der Waals surface area contributed by atoms with E-state index < -0.39 is 17.8 Å². The molecule has 2 bridgehead atoms. The molecule has 6 nitrogen and oxygen atoms in total. The Labute approximate surface area is 212 Å². The molecule has 190 valence electrons. The number of ether oxygens (including phenoxy) is 1. The second-order valence-electron chi connectivity index (χ2n) is 12.3. The summed E-state index contributed by atoms with van der Waals surface area (Å²) in [5.74, 6) is 1.29. The number of allylic oxidation sites excluding steroid dienone is 3. The summed E-state index contributed by atoms with van der Waals surface area (Å²) >= 11 is 0. The summed E-state index contributed by atoms with van der Waals surface area (Å²) in [4.78, 5) is 6.51. The van der Waals surface area contributed by atoms with Gasteiger partial charge in [-0.25, -0.2) is 4.98 Å². The number of likely N-dealkylation sites (N-methyl/N-ethyl adjacent to an activating group) is 1. The van der Waals surface area contributed by atoms with E-state index in [1.165, 1.54) is 16.7 Å². The zero-order chi connectivity index (χ0) is 25.2. The van der Waals surface area contributed by atoms with Crippen LogP contribution in [0.4, 0.5) is 0 Å². The summed E-state index contributed by atoms with van der Waals surface area (Å²) < 4.78 is 13.1. The van der Waals surface area contributed by atoms with Crippen molar-refractivity contribution in [2.24, 2.45) is 17.3 Å². The number of aryl methyl sites for hydroxylation is 1. The van der Waals surface area contributed by atoms with E-state index in [0.29, 0.717) is 18.2 Å². The standard InChI is InChI=1S/C30H36N2O4/c1-16-12-19-14-21-26(33)27(34)23(32(4)5)15-29(21)10-11-30(19,36-29)25-9-7-20(28(16,25)3)18-6-8-22-24(13-18)35-17(2)31-22/h6-8,12-14,16,23,25-27,33-34H,9-11,15H2,1-5H3. The van der Waals surface area contributed by atoms with Gasteiger partial charge in [0.1, 0.15) is 11.6 Å². The zero-order valence-corrected chi connectivity index (χ0v) is 21.8. The Morgan fingerprint density at radius 1 is 1.17 bits per heavy atom. The summed E-state index contributed by atoms with van der Waals surface area (Å²) in [5.41, 5.74) is 5.41. The number of aliphatic hydroxyl groups excluding tert-OH is 2. The Morgan fingerprint density at radius 2 is 1.97 bits per heavy atom. The Hall–Kier alpha value is -2.25. The fourth-order valence-electron chi connectivity index (χ4n) is 8.46. The Morgan fingerprint density at radius 3 is 2.75 bits per heavy atom. The monoisotopic (exact) mass is 488 g/mol. The lowest BCUT2D eigenvalue weighted by molar-refractivity contribution is -0.165. The number of oxazole rings is 1. The molecule has 1 saturated heterocycles. The third-order valence-electron chi connectivity index (χ3n) is 10.4. The lowest BCUT2D eigenvalue weighted by Crippen LogP contribution is -2.62. The van der Waals surface area contributed by atoms with Gasteiger partial charge in [-0.05, 0) is 80.1 Å². The molecule has 7 rings (SSSR count). The predicted octanol–water partition coefficient (Wildman–Crippen LogP) is 4.41. The molecule has 6 heteroatoms. The van der Waals surface area contributed by atoms with Gasteiger partial charge in [-0.3, -0.25) is 0 Å². The first kappa shape index (κ1) is 22.9. The molecule has 2 spiro atoms. The second kappa shape index (κ2) is 7.19. The van der Waals surface area contributed by atoms with Crippen LogP contribution in [0.15, 0.2) is 52.0 Å². The number of benzene rings is 1. The van der Waals surface area contributed by atoms with Crippen LogP contribution in [0.2, 0.25) is 0 Å². The smallest absolute Gasteiger partial charge is 0.192 e. The maximum Gasteiger partial charge on any atom is 0.192 e. The highest BCUT2D eigenvalue weighted by Gasteiger charge is 2.68. The van der Waals surface area contributed by atoms with E-state index in [-0.39, 0.29) is 23.0 Å². The van der Waals surface area contributed by atoms with Crippen molar-refractivity contribution in [1.29, 1.82) is 0 Å². The highest BCUT2D eigenvalue weighted by molar-refractivity contribution is 5.82. The van der Waals surface area contributed by atoms with Crippen molar-refractivity contribution >= 4 is 16.7 Å². The molecule has 3 heterocycles. The van der Waals surface area contributed by atoms with Crippen molar-refractivity contribution in [3.8, 4) is 0 Å². The van der Waals surface area contributed by atoms with E-state index >= 15 is 0 Å². The predicted molar refractivity (Wildman–Crippen MR) is 138 cm³/mol. The van der Waals surface area contributed by atoms with Gasteiger partial charge in [0, 0.05) is 24.3 Å². The topological polar surface area (TPSA) is 79.0 Å². The summed E-state index contributed by atoms with van der Waals surface area (Å²) in [7, 11) is 3.95. The molecule has 8 unspecified atom stereocenters. The van der Waals surface area contributed by atoms with E-state index in [9.17, 15) is 10.2 Å². The van der Waals surface area contributed by atoms with E-state index in [2.05, 4.69) is 55.3 Å². The average molecular weight is 489 g/mol. The van der Waals surface area contributed by atoms with Crippen molar-refractivity contribution in [3.63, 3.8) is 0 Å². The van der Waals surface area contributed by atoms with Crippen LogP contribution in [0.3, 0.4) is 0 Å². The van der Waals surface area contributed by atoms with Crippen molar-refractivity contribution in [2.45, 2.75) is 75.9 Å². The van der Waals surface area contributed by atoms with Gasteiger partial charge in [-0.1, -0.05) is 38.1 Å². The Bertz CT molecular complexity index is 1370. The Balaban J connectivity index is 1.33. The highest BCUT2D eigenvalue weighted by Crippen LogP contribution is 2.69. The molecule has 1 aromatic carbocycles. The number of fused-ring (bicyclic) bond motifs is 2. The van der Waals surface area contributed by atoms with Gasteiger partial charge in [0.05, 0.1) is 17.3 Å². The van der Waals surface area contributed by atoms with Crippen LogP contribution in [0.25, 0.3) is 16.7 Å². The molecule has 8 atom stereocenters. The van der Waals surface area contributed by atoms with Crippen molar-refractivity contribution < 1.29 is 19.4 Å². The molecule has 3 aliphatic carbocycles. The van der Waals surface area contributed by atoms with Gasteiger partial charge < -0.3 is 24.3 Å². The van der Waals surface area contributed by atoms with E-state index in [4.69, 9.17) is 9.15 Å². The molecule has 2 fully saturated rings. The highest BCUT2D eigenvalue weighted by atomic mass is 16.5. The maximum atomic E-state index is 11.2. The summed E-state index contributed by atoms with van der Waals surface area (Å²) in [6.45, 7) is 6.61. The Kier molecular flexibility index (Phi) is 4.58. The molecule has 1 saturated carbocycles. The lowest BCUT2D eigenvalue weighted by Gasteiger charge is -2.57. The van der Waals surface area contributed by atoms with E-state index in [1.807, 2.05) is 25.9 Å². The van der Waals surface area contributed by atoms with Gasteiger partial charge in [0.25, 0.3) is 0 Å². The molecule has 2 aromatic rings. The van der Waals surface area contributed by atoms with Crippen molar-refractivity contribution in [3.05, 3.63) is 59.0 Å². The number of aromatic nitrogens is 1. The molecular formula is C30H36N2O4. The SMILES string of the molecule is Cc1nc2ccc(C3=CCC4C56CCC7(CC(N(C)C)C(O)C(O)C7=CC5=CC(C)C34C)O6)cc2o1. The van der Waals surface area contributed by atoms with Crippen LogP contribution in [0.5, 0.6) is 0 Å². The van der Waals surface area contributed by atoms with Gasteiger partial charge in [-0.15, -0.1) is 0 Å². The number of rotatable bonds is 2. The first-order chi connectivity index (χ1) is 17.1. The minimum Gasteiger partial charge on any atom is -0.441 e. The molecule has 1 aromatic heterocycles. The van der Waals surface area contributed by atoms with Crippen LogP contribution < -0.4 is 0 Å². The summed E-state index contributed by atoms with van der Waals surface area (Å²) in [6.07, 6.45) is 8.78. The average Bonchev–Trinajstić information content (AvgIpc) is 3.49. The molecule has 36 heavy (non-hydrogen) atoms. The van der Waals surface area contributed by atoms with Crippen molar-refractivity contribution in [1.82, 2.24) is 9.88 Å². The first-order valence-corrected chi connectivity index (χ1v) is 13.3. The third kappa shape index (κ3) is 2.68. The third-order valence-corrected chi connectivity index (χ3v) is 10.4. The minimum atomic E-state index is -0.902. The molecule has 2 aliphatic heterocycles. The van der Waals surface area contributed by atoms with Crippen LogP contribution in [-0.4, -0.2) is 63.6 Å². The molecule has 5 aliphatic rings. The van der Waals surface area contributed by atoms with E-state index in [0.717, 1.165) is 35.9 Å². The van der Waals surface area contributed by atoms with E-state index in [1.54, 1.807) is 0 Å². The fourth-order valence-corrected chi connectivity index (χ4v) is 8.46. The fraction of sp³-hybridized carbons (Fsp3) is 0.567. The van der Waals surface area contributed by atoms with Gasteiger partial charge in [-0.2, -0.15) is 0 Å². The molecular weight excluding hydrogens is 452 g/mol. The largest absolute Gasteiger partial charge is 0.441 e. The van der Waals surface area contributed by atoms with Crippen molar-refractivity contribution in [2.75, 3.05) is 14.1 Å². The number of nitrogens with zero attached hydrogens (tertiary/aromatic N) is 2. The van der Waals surface area contributed by atoms with Crippen LogP contribution >= 0.6 is 0 Å². The number of aliphatic hydroxyl groups is 2. The van der Waals surface area contributed by atoms with Crippen LogP contribution in [-0.2, 0) is 4.74 Å². The van der Waals surface area contributed by atoms with Crippen LogP contribution in [0, 0.1) is 24.2 Å².